The average Bonchev–Trinajstić information content (AvgIpc) is 3.26. The van der Waals surface area contributed by atoms with Crippen LogP contribution in [0.25, 0.3) is 10.9 Å². The number of aromatic nitrogens is 3. The summed E-state index contributed by atoms with van der Waals surface area (Å²) in [6.45, 7) is 6.26. The summed E-state index contributed by atoms with van der Waals surface area (Å²) in [5, 5.41) is 8.65. The van der Waals surface area contributed by atoms with Crippen molar-refractivity contribution >= 4 is 10.9 Å². The van der Waals surface area contributed by atoms with Crippen LogP contribution in [-0.4, -0.2) is 38.9 Å². The Morgan fingerprint density at radius 1 is 1.15 bits per heavy atom. The molecule has 1 saturated heterocycles. The molecule has 1 aliphatic heterocycles. The van der Waals surface area contributed by atoms with Crippen LogP contribution in [0.15, 0.2) is 36.5 Å². The summed E-state index contributed by atoms with van der Waals surface area (Å²) >= 11 is 0. The van der Waals surface area contributed by atoms with Crippen molar-refractivity contribution in [1.29, 1.82) is 0 Å². The van der Waals surface area contributed by atoms with Crippen LogP contribution >= 0.6 is 0 Å². The molecule has 5 nitrogen and oxygen atoms in total. The van der Waals surface area contributed by atoms with Crippen molar-refractivity contribution in [2.45, 2.75) is 51.8 Å². The molecule has 0 atom stereocenters. The van der Waals surface area contributed by atoms with E-state index in [0.29, 0.717) is 6.10 Å². The van der Waals surface area contributed by atoms with Crippen LogP contribution in [0.5, 0.6) is 5.75 Å². The molecule has 3 heterocycles. The van der Waals surface area contributed by atoms with Gasteiger partial charge in [0.1, 0.15) is 11.9 Å². The minimum Gasteiger partial charge on any atom is -0.490 e. The first-order chi connectivity index (χ1) is 13.2. The number of piperidine rings is 1. The Balaban J connectivity index is 1.22. The van der Waals surface area contributed by atoms with E-state index in [1.807, 2.05) is 0 Å². The van der Waals surface area contributed by atoms with E-state index >= 15 is 0 Å². The van der Waals surface area contributed by atoms with Gasteiger partial charge >= 0.3 is 0 Å². The lowest BCUT2D eigenvalue weighted by Crippen LogP contribution is -2.37. The molecule has 27 heavy (non-hydrogen) atoms. The van der Waals surface area contributed by atoms with Gasteiger partial charge in [0.25, 0.3) is 0 Å². The summed E-state index contributed by atoms with van der Waals surface area (Å²) in [6.07, 6.45) is 7.44. The maximum absolute atomic E-state index is 6.44. The Kier molecular flexibility index (Phi) is 4.40. The zero-order chi connectivity index (χ0) is 18.2. The molecule has 5 rings (SSSR count). The molecule has 0 bridgehead atoms. The summed E-state index contributed by atoms with van der Waals surface area (Å²) in [7, 11) is 0. The highest BCUT2D eigenvalue weighted by Crippen LogP contribution is 2.34. The maximum atomic E-state index is 6.44. The molecule has 3 aromatic rings. The lowest BCUT2D eigenvalue weighted by atomic mass is 10.1. The molecule has 1 saturated carbocycles. The number of nitrogens with one attached hydrogen (secondary N) is 1. The monoisotopic (exact) mass is 364 g/mol. The van der Waals surface area contributed by atoms with Gasteiger partial charge in [0, 0.05) is 43.5 Å². The van der Waals surface area contributed by atoms with Crippen LogP contribution in [0, 0.1) is 12.8 Å². The van der Waals surface area contributed by atoms with Crippen LogP contribution in [0.2, 0.25) is 0 Å². The quantitative estimate of drug-likeness (QED) is 0.715. The fourth-order valence-electron chi connectivity index (χ4n) is 4.19. The normalized spacial score (nSPS) is 19.0. The Bertz CT molecular complexity index is 915. The second-order valence-corrected chi connectivity index (χ2v) is 8.24. The molecule has 142 valence electrons. The topological polar surface area (TPSA) is 46.1 Å². The van der Waals surface area contributed by atoms with E-state index in [2.05, 4.69) is 63.1 Å². The molecule has 2 aliphatic rings. The van der Waals surface area contributed by atoms with Crippen molar-refractivity contribution in [3.63, 3.8) is 0 Å². The number of rotatable bonds is 6. The standard InChI is InChI=1S/C22H28N4O/c1-16-13-18(24-23-16)15-25-10-7-19(8-11-25)27-22-4-2-3-21-20(22)9-12-26(21)14-17-5-6-17/h2-4,9,12-13,17,19H,5-8,10-11,14-15H2,1H3,(H,23,24). The number of aromatic amines is 1. The predicted molar refractivity (Wildman–Crippen MR) is 107 cm³/mol. The van der Waals surface area contributed by atoms with Gasteiger partial charge in [0.15, 0.2) is 0 Å². The lowest BCUT2D eigenvalue weighted by molar-refractivity contribution is 0.0973. The number of fused-ring (bicyclic) bond motifs is 1. The average molecular weight is 364 g/mol. The summed E-state index contributed by atoms with van der Waals surface area (Å²) in [6, 6.07) is 10.8. The van der Waals surface area contributed by atoms with Crippen molar-refractivity contribution in [3.05, 3.63) is 47.9 Å². The highest BCUT2D eigenvalue weighted by molar-refractivity contribution is 5.86. The predicted octanol–water partition coefficient (Wildman–Crippen LogP) is 4.13. The fraction of sp³-hybridized carbons (Fsp3) is 0.500. The molecule has 0 radical (unpaired) electrons. The Hall–Kier alpha value is -2.27. The fourth-order valence-corrected chi connectivity index (χ4v) is 4.19. The van der Waals surface area contributed by atoms with Crippen molar-refractivity contribution in [3.8, 4) is 5.75 Å². The van der Waals surface area contributed by atoms with Crippen molar-refractivity contribution in [2.24, 2.45) is 5.92 Å². The summed E-state index contributed by atoms with van der Waals surface area (Å²) < 4.78 is 8.84. The largest absolute Gasteiger partial charge is 0.490 e. The first-order valence-electron chi connectivity index (χ1n) is 10.2. The van der Waals surface area contributed by atoms with Gasteiger partial charge in [-0.25, -0.2) is 0 Å². The van der Waals surface area contributed by atoms with Gasteiger partial charge in [-0.3, -0.25) is 10.00 Å². The van der Waals surface area contributed by atoms with Gasteiger partial charge in [0.05, 0.1) is 11.2 Å². The SMILES string of the molecule is Cc1cc(CN2CCC(Oc3cccc4c3ccn4CC3CC3)CC2)n[nH]1. The van der Waals surface area contributed by atoms with Crippen LogP contribution in [0.1, 0.15) is 37.1 Å². The van der Waals surface area contributed by atoms with E-state index < -0.39 is 0 Å². The number of ether oxygens (including phenoxy) is 1. The Morgan fingerprint density at radius 3 is 2.74 bits per heavy atom. The number of benzene rings is 1. The first kappa shape index (κ1) is 16.9. The number of nitrogens with zero attached hydrogens (tertiary/aromatic N) is 3. The molecular formula is C22H28N4O. The minimum atomic E-state index is 0.305. The Labute approximate surface area is 160 Å². The van der Waals surface area contributed by atoms with E-state index in [1.54, 1.807) is 0 Å². The molecule has 5 heteroatoms. The third kappa shape index (κ3) is 3.74. The smallest absolute Gasteiger partial charge is 0.129 e. The number of hydrogen-bond acceptors (Lipinski definition) is 3. The van der Waals surface area contributed by atoms with Crippen molar-refractivity contribution in [1.82, 2.24) is 19.7 Å². The molecule has 0 unspecified atom stereocenters. The molecule has 1 aromatic carbocycles. The number of aryl methyl sites for hydroxylation is 1. The van der Waals surface area contributed by atoms with Crippen LogP contribution in [-0.2, 0) is 13.1 Å². The highest BCUT2D eigenvalue weighted by Gasteiger charge is 2.24. The molecule has 1 N–H and O–H groups in total. The first-order valence-corrected chi connectivity index (χ1v) is 10.2. The number of likely N-dealkylation sites (tertiary alicyclic amines) is 1. The number of hydrogen-bond donors (Lipinski definition) is 1. The van der Waals surface area contributed by atoms with Crippen molar-refractivity contribution < 1.29 is 4.74 Å². The van der Waals surface area contributed by atoms with E-state index in [9.17, 15) is 0 Å². The van der Waals surface area contributed by atoms with Gasteiger partial charge < -0.3 is 9.30 Å². The highest BCUT2D eigenvalue weighted by atomic mass is 16.5. The third-order valence-electron chi connectivity index (χ3n) is 5.90. The molecule has 0 amide bonds. The summed E-state index contributed by atoms with van der Waals surface area (Å²) in [5.41, 5.74) is 3.57. The molecule has 2 fully saturated rings. The van der Waals surface area contributed by atoms with E-state index in [-0.39, 0.29) is 0 Å². The second-order valence-electron chi connectivity index (χ2n) is 8.24. The molecular weight excluding hydrogens is 336 g/mol. The van der Waals surface area contributed by atoms with E-state index in [0.717, 1.165) is 62.1 Å². The van der Waals surface area contributed by atoms with Gasteiger partial charge in [-0.15, -0.1) is 0 Å². The summed E-state index contributed by atoms with van der Waals surface area (Å²) in [4.78, 5) is 2.47. The maximum Gasteiger partial charge on any atom is 0.129 e. The van der Waals surface area contributed by atoms with Gasteiger partial charge in [-0.05, 0) is 62.8 Å². The van der Waals surface area contributed by atoms with Gasteiger partial charge in [-0.2, -0.15) is 5.10 Å². The lowest BCUT2D eigenvalue weighted by Gasteiger charge is -2.31. The summed E-state index contributed by atoms with van der Waals surface area (Å²) in [5.74, 6) is 1.93. The van der Waals surface area contributed by atoms with Crippen LogP contribution in [0.3, 0.4) is 0 Å². The molecule has 2 aromatic heterocycles. The molecule has 0 spiro atoms. The minimum absolute atomic E-state index is 0.305. The van der Waals surface area contributed by atoms with E-state index in [1.165, 1.54) is 23.7 Å². The third-order valence-corrected chi connectivity index (χ3v) is 5.90. The van der Waals surface area contributed by atoms with Gasteiger partial charge in [0.2, 0.25) is 0 Å². The number of H-pyrrole nitrogens is 1. The van der Waals surface area contributed by atoms with Gasteiger partial charge in [-0.1, -0.05) is 6.07 Å². The zero-order valence-corrected chi connectivity index (χ0v) is 16.0. The van der Waals surface area contributed by atoms with Crippen molar-refractivity contribution in [2.75, 3.05) is 13.1 Å². The zero-order valence-electron chi connectivity index (χ0n) is 16.0. The van der Waals surface area contributed by atoms with Crippen LogP contribution < -0.4 is 4.74 Å². The molecule has 1 aliphatic carbocycles. The Morgan fingerprint density at radius 2 is 2.00 bits per heavy atom. The van der Waals surface area contributed by atoms with Crippen LogP contribution in [0.4, 0.5) is 0 Å². The van der Waals surface area contributed by atoms with E-state index in [4.69, 9.17) is 4.74 Å². The second kappa shape index (κ2) is 7.04.